The lowest BCUT2D eigenvalue weighted by Gasteiger charge is -2.27. The van der Waals surface area contributed by atoms with Crippen molar-refractivity contribution < 1.29 is 4.39 Å². The van der Waals surface area contributed by atoms with Gasteiger partial charge in [-0.15, -0.1) is 11.8 Å². The van der Waals surface area contributed by atoms with Crippen molar-refractivity contribution in [2.24, 2.45) is 0 Å². The highest BCUT2D eigenvalue weighted by Gasteiger charge is 2.23. The minimum atomic E-state index is -0.134. The van der Waals surface area contributed by atoms with Gasteiger partial charge in [-0.25, -0.2) is 9.37 Å². The van der Waals surface area contributed by atoms with E-state index >= 15 is 0 Å². The molecule has 1 aromatic carbocycles. The van der Waals surface area contributed by atoms with Gasteiger partial charge in [0.2, 0.25) is 0 Å². The summed E-state index contributed by atoms with van der Waals surface area (Å²) in [5.41, 5.74) is 2.82. The lowest BCUT2D eigenvalue weighted by molar-refractivity contribution is 0.585. The molecule has 0 spiro atoms. The molecule has 20 heavy (non-hydrogen) atoms. The first-order valence-electron chi connectivity index (χ1n) is 6.46. The van der Waals surface area contributed by atoms with Gasteiger partial charge in [-0.05, 0) is 37.1 Å². The van der Waals surface area contributed by atoms with Gasteiger partial charge in [0.1, 0.15) is 11.0 Å². The van der Waals surface area contributed by atoms with Crippen molar-refractivity contribution in [3.63, 3.8) is 0 Å². The van der Waals surface area contributed by atoms with E-state index in [0.29, 0.717) is 5.15 Å². The quantitative estimate of drug-likeness (QED) is 0.804. The molecule has 1 N–H and O–H groups in total. The monoisotopic (exact) mass is 308 g/mol. The predicted molar refractivity (Wildman–Crippen MR) is 82.1 cm³/mol. The molecular formula is C15H14ClFN2S. The summed E-state index contributed by atoms with van der Waals surface area (Å²) in [6.45, 7) is 1.91. The fourth-order valence-corrected chi connectivity index (χ4v) is 3.74. The Kier molecular flexibility index (Phi) is 3.85. The highest BCUT2D eigenvalue weighted by Crippen LogP contribution is 2.39. The Balaban J connectivity index is 1.91. The molecule has 2 heterocycles. The molecule has 1 aromatic heterocycles. The Morgan fingerprint density at radius 2 is 2.20 bits per heavy atom. The smallest absolute Gasteiger partial charge is 0.137 e. The average Bonchev–Trinajstić information content (AvgIpc) is 2.43. The van der Waals surface area contributed by atoms with Crippen molar-refractivity contribution in [1.29, 1.82) is 0 Å². The summed E-state index contributed by atoms with van der Waals surface area (Å²) >= 11 is 7.45. The molecule has 1 aliphatic heterocycles. The molecule has 1 aliphatic rings. The zero-order valence-corrected chi connectivity index (χ0v) is 12.6. The lowest BCUT2D eigenvalue weighted by atomic mass is 10.0. The number of rotatable bonds is 2. The van der Waals surface area contributed by atoms with Crippen LogP contribution in [0.3, 0.4) is 0 Å². The minimum Gasteiger partial charge on any atom is -0.377 e. The number of benzene rings is 1. The van der Waals surface area contributed by atoms with Gasteiger partial charge in [-0.3, -0.25) is 0 Å². The second kappa shape index (κ2) is 5.62. The van der Waals surface area contributed by atoms with Crippen LogP contribution in [0, 0.1) is 12.7 Å². The number of pyridine rings is 1. The van der Waals surface area contributed by atoms with Gasteiger partial charge in [0.25, 0.3) is 0 Å². The Bertz CT molecular complexity index is 648. The van der Waals surface area contributed by atoms with Gasteiger partial charge in [0, 0.05) is 10.6 Å². The van der Waals surface area contributed by atoms with Crippen molar-refractivity contribution in [2.75, 3.05) is 11.1 Å². The molecule has 104 valence electrons. The Morgan fingerprint density at radius 3 is 3.00 bits per heavy atom. The van der Waals surface area contributed by atoms with Crippen LogP contribution in [0.2, 0.25) is 5.15 Å². The van der Waals surface area contributed by atoms with E-state index in [2.05, 4.69) is 10.3 Å². The number of hydrogen-bond donors (Lipinski definition) is 1. The van der Waals surface area contributed by atoms with E-state index in [-0.39, 0.29) is 11.9 Å². The number of hydrogen-bond acceptors (Lipinski definition) is 3. The first-order valence-corrected chi connectivity index (χ1v) is 7.82. The number of anilines is 1. The molecule has 0 radical (unpaired) electrons. The van der Waals surface area contributed by atoms with E-state index in [0.717, 1.165) is 34.0 Å². The molecule has 3 rings (SSSR count). The van der Waals surface area contributed by atoms with Crippen LogP contribution in [0.5, 0.6) is 0 Å². The Labute approximate surface area is 126 Å². The molecule has 0 saturated carbocycles. The minimum absolute atomic E-state index is 0.114. The van der Waals surface area contributed by atoms with E-state index < -0.39 is 0 Å². The van der Waals surface area contributed by atoms with Crippen molar-refractivity contribution in [2.45, 2.75) is 24.3 Å². The topological polar surface area (TPSA) is 24.9 Å². The second-order valence-corrected chi connectivity index (χ2v) is 6.25. The van der Waals surface area contributed by atoms with Crippen LogP contribution < -0.4 is 5.32 Å². The third kappa shape index (κ3) is 2.63. The van der Waals surface area contributed by atoms with Crippen LogP contribution in [-0.2, 0) is 0 Å². The molecule has 0 amide bonds. The maximum Gasteiger partial charge on any atom is 0.137 e. The summed E-state index contributed by atoms with van der Waals surface area (Å²) in [4.78, 5) is 5.00. The van der Waals surface area contributed by atoms with Crippen molar-refractivity contribution >= 4 is 29.1 Å². The number of nitrogens with zero attached hydrogens (tertiary/aromatic N) is 1. The van der Waals surface area contributed by atoms with Crippen LogP contribution in [0.4, 0.5) is 10.1 Å². The van der Waals surface area contributed by atoms with Gasteiger partial charge in [-0.2, -0.15) is 0 Å². The first kappa shape index (κ1) is 13.7. The summed E-state index contributed by atoms with van der Waals surface area (Å²) in [5.74, 6) is 0.774. The molecule has 5 heteroatoms. The number of aryl methyl sites for hydroxylation is 1. The fourth-order valence-electron chi connectivity index (χ4n) is 2.41. The average molecular weight is 309 g/mol. The van der Waals surface area contributed by atoms with E-state index in [1.54, 1.807) is 23.9 Å². The van der Waals surface area contributed by atoms with Crippen LogP contribution in [-0.4, -0.2) is 10.7 Å². The highest BCUT2D eigenvalue weighted by atomic mass is 35.5. The molecular weight excluding hydrogens is 295 g/mol. The molecule has 0 aliphatic carbocycles. The predicted octanol–water partition coefficient (Wildman–Crippen LogP) is 4.83. The van der Waals surface area contributed by atoms with E-state index in [1.807, 2.05) is 19.1 Å². The summed E-state index contributed by atoms with van der Waals surface area (Å²) in [5, 5.41) is 3.94. The van der Waals surface area contributed by atoms with Crippen molar-refractivity contribution in [3.05, 3.63) is 52.6 Å². The summed E-state index contributed by atoms with van der Waals surface area (Å²) in [6, 6.07) is 9.07. The second-order valence-electron chi connectivity index (χ2n) is 4.76. The molecule has 0 bridgehead atoms. The number of nitrogens with one attached hydrogen (secondary N) is 1. The number of fused-ring (bicyclic) bond motifs is 1. The SMILES string of the molecule is Cc1nc(Cl)ccc1NC1CCSc2c(F)cccc21. The van der Waals surface area contributed by atoms with E-state index in [9.17, 15) is 4.39 Å². The lowest BCUT2D eigenvalue weighted by Crippen LogP contribution is -2.17. The highest BCUT2D eigenvalue weighted by molar-refractivity contribution is 7.99. The number of aromatic nitrogens is 1. The third-order valence-electron chi connectivity index (χ3n) is 3.41. The van der Waals surface area contributed by atoms with Gasteiger partial charge in [0.15, 0.2) is 0 Å². The van der Waals surface area contributed by atoms with E-state index in [4.69, 9.17) is 11.6 Å². The number of halogens is 2. The number of thioether (sulfide) groups is 1. The van der Waals surface area contributed by atoms with Crippen LogP contribution in [0.15, 0.2) is 35.2 Å². The molecule has 2 nitrogen and oxygen atoms in total. The summed E-state index contributed by atoms with van der Waals surface area (Å²) in [6.07, 6.45) is 0.961. The third-order valence-corrected chi connectivity index (χ3v) is 4.78. The molecule has 1 atom stereocenters. The van der Waals surface area contributed by atoms with Gasteiger partial charge >= 0.3 is 0 Å². The molecule has 1 unspecified atom stereocenters. The Morgan fingerprint density at radius 1 is 1.35 bits per heavy atom. The maximum atomic E-state index is 13.8. The van der Waals surface area contributed by atoms with Crippen LogP contribution in [0.25, 0.3) is 0 Å². The van der Waals surface area contributed by atoms with Crippen LogP contribution >= 0.6 is 23.4 Å². The zero-order chi connectivity index (χ0) is 14.1. The van der Waals surface area contributed by atoms with Gasteiger partial charge in [0.05, 0.1) is 17.4 Å². The van der Waals surface area contributed by atoms with Gasteiger partial charge < -0.3 is 5.32 Å². The standard InChI is InChI=1S/C15H14ClFN2S/c1-9-12(5-6-14(16)18-9)19-13-7-8-20-15-10(13)3-2-4-11(15)17/h2-6,13,19H,7-8H2,1H3. The molecule has 0 fully saturated rings. The van der Waals surface area contributed by atoms with E-state index in [1.165, 1.54) is 6.07 Å². The fraction of sp³-hybridized carbons (Fsp3) is 0.267. The Hall–Kier alpha value is -1.26. The van der Waals surface area contributed by atoms with Crippen molar-refractivity contribution in [1.82, 2.24) is 4.98 Å². The largest absolute Gasteiger partial charge is 0.377 e. The molecule has 2 aromatic rings. The zero-order valence-electron chi connectivity index (χ0n) is 11.0. The maximum absolute atomic E-state index is 13.8. The summed E-state index contributed by atoms with van der Waals surface area (Å²) < 4.78 is 13.8. The first-order chi connectivity index (χ1) is 9.65. The summed E-state index contributed by atoms with van der Waals surface area (Å²) in [7, 11) is 0. The van der Waals surface area contributed by atoms with Gasteiger partial charge in [-0.1, -0.05) is 23.7 Å². The normalized spacial score (nSPS) is 17.6. The van der Waals surface area contributed by atoms with Crippen LogP contribution in [0.1, 0.15) is 23.7 Å². The molecule has 0 saturated heterocycles. The van der Waals surface area contributed by atoms with Crippen molar-refractivity contribution in [3.8, 4) is 0 Å².